The molecule has 0 spiro atoms. The van der Waals surface area contributed by atoms with Gasteiger partial charge in [0.1, 0.15) is 29.9 Å². The highest BCUT2D eigenvalue weighted by Crippen LogP contribution is 2.41. The van der Waals surface area contributed by atoms with Crippen molar-refractivity contribution in [2.75, 3.05) is 12.4 Å². The highest BCUT2D eigenvalue weighted by atomic mass is 32.2. The first kappa shape index (κ1) is 18.2. The zero-order valence-corrected chi connectivity index (χ0v) is 15.2. The summed E-state index contributed by atoms with van der Waals surface area (Å²) in [6, 6.07) is 10.1. The van der Waals surface area contributed by atoms with Crippen molar-refractivity contribution in [3.05, 3.63) is 35.9 Å². The minimum absolute atomic E-state index is 0.0905. The number of ether oxygens (including phenoxy) is 4. The van der Waals surface area contributed by atoms with Gasteiger partial charge in [-0.2, -0.15) is 0 Å². The van der Waals surface area contributed by atoms with Crippen molar-refractivity contribution < 1.29 is 24.1 Å². The molecule has 0 aromatic heterocycles. The second-order valence-electron chi connectivity index (χ2n) is 6.51. The summed E-state index contributed by atoms with van der Waals surface area (Å²) in [6.07, 6.45) is -1.21. The van der Waals surface area contributed by atoms with Crippen LogP contribution in [0.15, 0.2) is 30.3 Å². The Morgan fingerprint density at radius 2 is 1.88 bits per heavy atom. The van der Waals surface area contributed by atoms with Crippen molar-refractivity contribution >= 4 is 11.8 Å². The van der Waals surface area contributed by atoms with E-state index in [9.17, 15) is 5.11 Å². The lowest BCUT2D eigenvalue weighted by Gasteiger charge is -2.41. The molecule has 5 atom stereocenters. The van der Waals surface area contributed by atoms with Gasteiger partial charge in [0.05, 0.1) is 13.2 Å². The van der Waals surface area contributed by atoms with Crippen LogP contribution < -0.4 is 0 Å². The first-order valence-electron chi connectivity index (χ1n) is 8.43. The second kappa shape index (κ2) is 7.72. The van der Waals surface area contributed by atoms with Gasteiger partial charge in [-0.3, -0.25) is 0 Å². The van der Waals surface area contributed by atoms with Crippen molar-refractivity contribution in [2.24, 2.45) is 0 Å². The third kappa shape index (κ3) is 3.95. The summed E-state index contributed by atoms with van der Waals surface area (Å²) in [7, 11) is 0. The van der Waals surface area contributed by atoms with Crippen LogP contribution in [0.1, 0.15) is 26.3 Å². The minimum Gasteiger partial charge on any atom is -0.394 e. The Bertz CT molecular complexity index is 523. The van der Waals surface area contributed by atoms with Gasteiger partial charge in [0, 0.05) is 0 Å². The van der Waals surface area contributed by atoms with Crippen LogP contribution in [0.4, 0.5) is 0 Å². The number of hydrogen-bond acceptors (Lipinski definition) is 6. The number of aliphatic hydroxyl groups is 1. The Morgan fingerprint density at radius 1 is 1.17 bits per heavy atom. The molecule has 5 nitrogen and oxygen atoms in total. The Balaban J connectivity index is 1.77. The molecule has 0 amide bonds. The SMILES string of the molecule is CCS[C@@H]1O[C@H](CO)[C@@H]2OC(C)(C)O[C@@H]2[C@H]1OCc1ccccc1. The molecular formula is C18H26O5S. The first-order chi connectivity index (χ1) is 11.5. The van der Waals surface area contributed by atoms with Gasteiger partial charge in [-0.05, 0) is 25.2 Å². The summed E-state index contributed by atoms with van der Waals surface area (Å²) in [5.74, 6) is 0.196. The molecule has 0 saturated carbocycles. The molecule has 24 heavy (non-hydrogen) atoms. The quantitative estimate of drug-likeness (QED) is 0.847. The standard InChI is InChI=1S/C18H26O5S/c1-4-24-17-16(20-11-12-8-6-5-7-9-12)15-14(13(10-19)21-17)22-18(2,3)23-15/h5-9,13-17,19H,4,10-11H2,1-3H3/t13-,14+,15+,16-,17+/m1/s1. The van der Waals surface area contributed by atoms with E-state index < -0.39 is 11.9 Å². The predicted octanol–water partition coefficient (Wildman–Crippen LogP) is 2.56. The van der Waals surface area contributed by atoms with Crippen LogP contribution in [0.25, 0.3) is 0 Å². The molecule has 1 aromatic carbocycles. The maximum absolute atomic E-state index is 9.68. The molecule has 2 aliphatic heterocycles. The third-order valence-electron chi connectivity index (χ3n) is 4.23. The number of aliphatic hydroxyl groups excluding tert-OH is 1. The lowest BCUT2D eigenvalue weighted by molar-refractivity contribution is -0.187. The topological polar surface area (TPSA) is 57.2 Å². The molecule has 0 radical (unpaired) electrons. The monoisotopic (exact) mass is 354 g/mol. The summed E-state index contributed by atoms with van der Waals surface area (Å²) in [6.45, 7) is 6.25. The fourth-order valence-corrected chi connectivity index (χ4v) is 4.20. The van der Waals surface area contributed by atoms with Gasteiger partial charge in [0.25, 0.3) is 0 Å². The van der Waals surface area contributed by atoms with Crippen LogP contribution in [-0.4, -0.2) is 53.1 Å². The normalized spacial score (nSPS) is 34.9. The molecule has 0 aliphatic carbocycles. The van der Waals surface area contributed by atoms with Crippen molar-refractivity contribution in [1.29, 1.82) is 0 Å². The van der Waals surface area contributed by atoms with Crippen LogP contribution in [0.5, 0.6) is 0 Å². The highest BCUT2D eigenvalue weighted by molar-refractivity contribution is 7.99. The van der Waals surface area contributed by atoms with E-state index in [1.807, 2.05) is 44.2 Å². The molecule has 1 aromatic rings. The smallest absolute Gasteiger partial charge is 0.164 e. The van der Waals surface area contributed by atoms with Crippen LogP contribution >= 0.6 is 11.8 Å². The molecule has 0 bridgehead atoms. The van der Waals surface area contributed by atoms with Gasteiger partial charge >= 0.3 is 0 Å². The highest BCUT2D eigenvalue weighted by Gasteiger charge is 2.55. The Hall–Kier alpha value is -0.630. The average Bonchev–Trinajstić information content (AvgIpc) is 2.89. The van der Waals surface area contributed by atoms with E-state index >= 15 is 0 Å². The number of thioether (sulfide) groups is 1. The van der Waals surface area contributed by atoms with Gasteiger partial charge in [-0.25, -0.2) is 0 Å². The maximum Gasteiger partial charge on any atom is 0.164 e. The maximum atomic E-state index is 9.68. The van der Waals surface area contributed by atoms with Crippen LogP contribution in [-0.2, 0) is 25.6 Å². The zero-order chi connectivity index (χ0) is 17.2. The number of benzene rings is 1. The average molecular weight is 354 g/mol. The van der Waals surface area contributed by atoms with Gasteiger partial charge < -0.3 is 24.1 Å². The molecule has 2 saturated heterocycles. The molecule has 1 N–H and O–H groups in total. The molecule has 134 valence electrons. The van der Waals surface area contributed by atoms with Crippen molar-refractivity contribution in [2.45, 2.75) is 63.0 Å². The minimum atomic E-state index is -0.702. The van der Waals surface area contributed by atoms with Crippen molar-refractivity contribution in [3.63, 3.8) is 0 Å². The van der Waals surface area contributed by atoms with Crippen LogP contribution in [0.2, 0.25) is 0 Å². The lowest BCUT2D eigenvalue weighted by Crippen LogP contribution is -2.57. The summed E-state index contributed by atoms with van der Waals surface area (Å²) >= 11 is 1.67. The van der Waals surface area contributed by atoms with Gasteiger partial charge in [-0.1, -0.05) is 37.3 Å². The van der Waals surface area contributed by atoms with E-state index in [1.54, 1.807) is 11.8 Å². The summed E-state index contributed by atoms with van der Waals surface area (Å²) in [4.78, 5) is 0. The van der Waals surface area contributed by atoms with Crippen molar-refractivity contribution in [1.82, 2.24) is 0 Å². The molecule has 0 unspecified atom stereocenters. The molecule has 6 heteroatoms. The fraction of sp³-hybridized carbons (Fsp3) is 0.667. The second-order valence-corrected chi connectivity index (χ2v) is 7.88. The molecule has 2 heterocycles. The lowest BCUT2D eigenvalue weighted by atomic mass is 10.00. The summed E-state index contributed by atoms with van der Waals surface area (Å²) < 4.78 is 24.3. The van der Waals surface area contributed by atoms with E-state index in [4.69, 9.17) is 18.9 Å². The zero-order valence-electron chi connectivity index (χ0n) is 14.4. The van der Waals surface area contributed by atoms with Crippen LogP contribution in [0.3, 0.4) is 0 Å². The Morgan fingerprint density at radius 3 is 2.54 bits per heavy atom. The van der Waals surface area contributed by atoms with E-state index in [0.717, 1.165) is 11.3 Å². The van der Waals surface area contributed by atoms with E-state index in [2.05, 4.69) is 6.92 Å². The van der Waals surface area contributed by atoms with E-state index in [1.165, 1.54) is 0 Å². The number of hydrogen-bond donors (Lipinski definition) is 1. The van der Waals surface area contributed by atoms with Crippen LogP contribution in [0, 0.1) is 0 Å². The largest absolute Gasteiger partial charge is 0.394 e. The third-order valence-corrected chi connectivity index (χ3v) is 5.27. The Kier molecular flexibility index (Phi) is 5.85. The van der Waals surface area contributed by atoms with Gasteiger partial charge in [0.15, 0.2) is 5.79 Å². The molecular weight excluding hydrogens is 328 g/mol. The van der Waals surface area contributed by atoms with Crippen molar-refractivity contribution in [3.8, 4) is 0 Å². The summed E-state index contributed by atoms with van der Waals surface area (Å²) in [5.41, 5.74) is 0.923. The molecule has 2 aliphatic rings. The summed E-state index contributed by atoms with van der Waals surface area (Å²) in [5, 5.41) is 9.68. The fourth-order valence-electron chi connectivity index (χ4n) is 3.23. The predicted molar refractivity (Wildman–Crippen MR) is 92.7 cm³/mol. The van der Waals surface area contributed by atoms with Gasteiger partial charge in [0.2, 0.25) is 0 Å². The molecule has 2 fully saturated rings. The number of rotatable bonds is 6. The van der Waals surface area contributed by atoms with E-state index in [0.29, 0.717) is 6.61 Å². The van der Waals surface area contributed by atoms with E-state index in [-0.39, 0.29) is 30.4 Å². The molecule has 3 rings (SSSR count). The number of fused-ring (bicyclic) bond motifs is 1. The van der Waals surface area contributed by atoms with Gasteiger partial charge in [-0.15, -0.1) is 11.8 Å². The Labute approximate surface area is 147 Å². The first-order valence-corrected chi connectivity index (χ1v) is 9.48.